The Kier molecular flexibility index (Phi) is 12.1. The molecule has 0 spiro atoms. The summed E-state index contributed by atoms with van der Waals surface area (Å²) in [6, 6.07) is 9.52. The Balaban J connectivity index is 1.60. The molecule has 0 saturated heterocycles. The van der Waals surface area contributed by atoms with Gasteiger partial charge in [0, 0.05) is 22.3 Å². The van der Waals surface area contributed by atoms with Crippen LogP contribution >= 0.6 is 0 Å². The van der Waals surface area contributed by atoms with Gasteiger partial charge in [0.25, 0.3) is 0 Å². The van der Waals surface area contributed by atoms with Crippen LogP contribution in [0.5, 0.6) is 11.5 Å². The van der Waals surface area contributed by atoms with E-state index in [0.29, 0.717) is 24.0 Å². The number of hydrogen-bond donors (Lipinski definition) is 4. The van der Waals surface area contributed by atoms with Crippen LogP contribution in [0, 0.1) is 23.7 Å². The van der Waals surface area contributed by atoms with Gasteiger partial charge in [0.15, 0.2) is 0 Å². The molecule has 0 amide bonds. The van der Waals surface area contributed by atoms with Gasteiger partial charge in [-0.05, 0) is 49.2 Å². The van der Waals surface area contributed by atoms with Crippen LogP contribution < -0.4 is 19.3 Å². The summed E-state index contributed by atoms with van der Waals surface area (Å²) in [5.41, 5.74) is 3.35. The van der Waals surface area contributed by atoms with Gasteiger partial charge in [-0.2, -0.15) is 0 Å². The van der Waals surface area contributed by atoms with E-state index in [1.165, 1.54) is 0 Å². The number of carboxylic acids is 4. The van der Waals surface area contributed by atoms with E-state index in [1.54, 1.807) is 36.4 Å². The molecule has 0 aromatic heterocycles. The first-order valence-corrected chi connectivity index (χ1v) is 14.7. The second-order valence-corrected chi connectivity index (χ2v) is 10.5. The standard InChI is InChI=1S/C36H32N2O10/c39-33(40)21-37(22-34(41)42)29-15-13-27(11-9-25-5-1-2-6-25)19-31(29)47-17-18-48-32-20-28(12-10-26-7-3-4-8-26)14-16-30(32)38(23-35(43)44)24-36(45)46/h1-5,7,13-16,19-20H,6,8,17-18,21-24H2,(H,39,40)(H,41,42)(H,43,44)(H,45,46). The average Bonchev–Trinajstić information content (AvgIpc) is 3.75. The van der Waals surface area contributed by atoms with Crippen LogP contribution in [-0.4, -0.2) is 83.7 Å². The second kappa shape index (κ2) is 16.8. The quantitative estimate of drug-likeness (QED) is 0.163. The molecule has 4 N–H and O–H groups in total. The Morgan fingerprint density at radius 1 is 0.583 bits per heavy atom. The lowest BCUT2D eigenvalue weighted by molar-refractivity contribution is -0.138. The van der Waals surface area contributed by atoms with E-state index in [4.69, 9.17) is 9.47 Å². The zero-order valence-electron chi connectivity index (χ0n) is 25.7. The number of benzene rings is 2. The zero-order valence-corrected chi connectivity index (χ0v) is 25.7. The molecule has 2 aliphatic rings. The van der Waals surface area contributed by atoms with Crippen LogP contribution in [0.1, 0.15) is 24.0 Å². The maximum atomic E-state index is 11.6. The van der Waals surface area contributed by atoms with E-state index in [-0.39, 0.29) is 36.1 Å². The van der Waals surface area contributed by atoms with Crippen molar-refractivity contribution in [1.29, 1.82) is 0 Å². The van der Waals surface area contributed by atoms with E-state index in [9.17, 15) is 39.6 Å². The molecule has 246 valence electrons. The van der Waals surface area contributed by atoms with E-state index >= 15 is 0 Å². The summed E-state index contributed by atoms with van der Waals surface area (Å²) in [5.74, 6) is 7.59. The fraction of sp³-hybridized carbons (Fsp3) is 0.222. The van der Waals surface area contributed by atoms with Crippen molar-refractivity contribution in [3.05, 3.63) is 95.1 Å². The number of aliphatic carboxylic acids is 4. The summed E-state index contributed by atoms with van der Waals surface area (Å²) in [7, 11) is 0. The largest absolute Gasteiger partial charge is 0.488 e. The van der Waals surface area contributed by atoms with E-state index in [0.717, 1.165) is 20.9 Å². The molecule has 0 aliphatic heterocycles. The van der Waals surface area contributed by atoms with Gasteiger partial charge < -0.3 is 39.7 Å². The number of carboxylic acid groups (broad SMARTS) is 4. The lowest BCUT2D eigenvalue weighted by atomic mass is 10.1. The SMILES string of the molecule is O=C(O)CN(CC(=O)O)c1ccc(C#CC2=CC=CC2)cc1OCCOc1cc(C#CC2=CC=CC2)ccc1N(CC(=O)O)CC(=O)O. The smallest absolute Gasteiger partial charge is 0.323 e. The lowest BCUT2D eigenvalue weighted by Crippen LogP contribution is -2.35. The van der Waals surface area contributed by atoms with Crippen molar-refractivity contribution in [2.45, 2.75) is 12.8 Å². The van der Waals surface area contributed by atoms with Gasteiger partial charge in [-0.3, -0.25) is 19.2 Å². The Labute approximate surface area is 276 Å². The number of allylic oxidation sites excluding steroid dienone is 8. The minimum atomic E-state index is -1.24. The van der Waals surface area contributed by atoms with Crippen molar-refractivity contribution in [2.75, 3.05) is 49.2 Å². The highest BCUT2D eigenvalue weighted by atomic mass is 16.5. The molecule has 12 heteroatoms. The molecule has 0 heterocycles. The monoisotopic (exact) mass is 652 g/mol. The maximum absolute atomic E-state index is 11.6. The predicted molar refractivity (Wildman–Crippen MR) is 176 cm³/mol. The number of carbonyl (C=O) groups is 4. The molecule has 0 saturated carbocycles. The molecule has 2 aromatic rings. The van der Waals surface area contributed by atoms with E-state index < -0.39 is 50.1 Å². The normalized spacial score (nSPS) is 12.5. The maximum Gasteiger partial charge on any atom is 0.323 e. The Morgan fingerprint density at radius 2 is 0.958 bits per heavy atom. The van der Waals surface area contributed by atoms with Crippen molar-refractivity contribution in [3.63, 3.8) is 0 Å². The van der Waals surface area contributed by atoms with Crippen LogP contribution in [0.15, 0.2) is 84.0 Å². The average molecular weight is 653 g/mol. The number of ether oxygens (including phenoxy) is 2. The van der Waals surface area contributed by atoms with Gasteiger partial charge in [0.05, 0.1) is 11.4 Å². The van der Waals surface area contributed by atoms with Gasteiger partial charge in [-0.15, -0.1) is 0 Å². The Hall–Kier alpha value is -6.40. The molecule has 48 heavy (non-hydrogen) atoms. The molecule has 12 nitrogen and oxygen atoms in total. The summed E-state index contributed by atoms with van der Waals surface area (Å²) in [4.78, 5) is 48.5. The topological polar surface area (TPSA) is 174 Å². The third-order valence-corrected chi connectivity index (χ3v) is 6.78. The number of nitrogens with zero attached hydrogens (tertiary/aromatic N) is 2. The summed E-state index contributed by atoms with van der Waals surface area (Å²) >= 11 is 0. The van der Waals surface area contributed by atoms with Crippen LogP contribution in [0.3, 0.4) is 0 Å². The molecule has 2 aliphatic carbocycles. The molecule has 0 atom stereocenters. The molecule has 0 fully saturated rings. The third-order valence-electron chi connectivity index (χ3n) is 6.78. The summed E-state index contributed by atoms with van der Waals surface area (Å²) in [5, 5.41) is 37.7. The van der Waals surface area contributed by atoms with Gasteiger partial charge >= 0.3 is 23.9 Å². The molecule has 2 aromatic carbocycles. The molecule has 4 rings (SSSR count). The van der Waals surface area contributed by atoms with Crippen LogP contribution in [-0.2, 0) is 19.2 Å². The molecule has 0 bridgehead atoms. The highest BCUT2D eigenvalue weighted by molar-refractivity contribution is 5.82. The highest BCUT2D eigenvalue weighted by Gasteiger charge is 2.21. The molecule has 0 unspecified atom stereocenters. The van der Waals surface area contributed by atoms with Crippen molar-refractivity contribution in [3.8, 4) is 35.2 Å². The van der Waals surface area contributed by atoms with Gasteiger partial charge in [0.2, 0.25) is 0 Å². The van der Waals surface area contributed by atoms with Crippen molar-refractivity contribution in [2.24, 2.45) is 0 Å². The lowest BCUT2D eigenvalue weighted by Gasteiger charge is -2.25. The minimum Gasteiger partial charge on any atom is -0.488 e. The van der Waals surface area contributed by atoms with Crippen LogP contribution in [0.4, 0.5) is 11.4 Å². The Morgan fingerprint density at radius 3 is 1.27 bits per heavy atom. The number of rotatable bonds is 15. The summed E-state index contributed by atoms with van der Waals surface area (Å²) in [6.45, 7) is -2.63. The third kappa shape index (κ3) is 10.6. The van der Waals surface area contributed by atoms with Crippen LogP contribution in [0.25, 0.3) is 0 Å². The van der Waals surface area contributed by atoms with Gasteiger partial charge in [0.1, 0.15) is 50.9 Å². The Bertz CT molecular complexity index is 1670. The minimum absolute atomic E-state index is 0.112. The van der Waals surface area contributed by atoms with Crippen molar-refractivity contribution < 1.29 is 49.1 Å². The van der Waals surface area contributed by atoms with Crippen molar-refractivity contribution in [1.82, 2.24) is 0 Å². The second-order valence-electron chi connectivity index (χ2n) is 10.5. The van der Waals surface area contributed by atoms with Crippen LogP contribution in [0.2, 0.25) is 0 Å². The molecule has 0 radical (unpaired) electrons. The van der Waals surface area contributed by atoms with E-state index in [1.807, 2.05) is 36.5 Å². The summed E-state index contributed by atoms with van der Waals surface area (Å²) in [6.07, 6.45) is 12.9. The fourth-order valence-corrected chi connectivity index (χ4v) is 4.73. The number of hydrogen-bond acceptors (Lipinski definition) is 8. The first kappa shape index (κ1) is 34.5. The first-order chi connectivity index (χ1) is 23.1. The number of anilines is 2. The molecular formula is C36H32N2O10. The first-order valence-electron chi connectivity index (χ1n) is 14.7. The van der Waals surface area contributed by atoms with E-state index in [2.05, 4.69) is 23.7 Å². The predicted octanol–water partition coefficient (Wildman–Crippen LogP) is 3.57. The molecular weight excluding hydrogens is 620 g/mol. The zero-order chi connectivity index (χ0) is 34.5. The fourth-order valence-electron chi connectivity index (χ4n) is 4.73. The van der Waals surface area contributed by atoms with Crippen molar-refractivity contribution >= 4 is 35.3 Å². The van der Waals surface area contributed by atoms with Gasteiger partial charge in [-0.25, -0.2) is 0 Å². The summed E-state index contributed by atoms with van der Waals surface area (Å²) < 4.78 is 12.0. The highest BCUT2D eigenvalue weighted by Crippen LogP contribution is 2.32. The van der Waals surface area contributed by atoms with Gasteiger partial charge in [-0.1, -0.05) is 60.1 Å².